The van der Waals surface area contributed by atoms with Gasteiger partial charge in [-0.1, -0.05) is 36.4 Å². The van der Waals surface area contributed by atoms with E-state index >= 15 is 0 Å². The molecule has 0 aromatic heterocycles. The van der Waals surface area contributed by atoms with Crippen LogP contribution in [0.4, 0.5) is 11.4 Å². The van der Waals surface area contributed by atoms with Crippen molar-refractivity contribution in [2.45, 2.75) is 6.61 Å². The highest BCUT2D eigenvalue weighted by atomic mass is 16.5. The van der Waals surface area contributed by atoms with E-state index < -0.39 is 5.91 Å². The second-order valence-corrected chi connectivity index (χ2v) is 9.74. The number of carbonyl (C=O) groups excluding carboxylic acids is 1. The molecule has 0 saturated carbocycles. The van der Waals surface area contributed by atoms with Gasteiger partial charge in [-0.05, 0) is 61.1 Å². The van der Waals surface area contributed by atoms with Gasteiger partial charge < -0.3 is 30.7 Å². The number of piperazine rings is 1. The SMILES string of the molecule is CN1CCN(c2ccc(C(=O)N=C(N)c3ccc(Oc4cccc(OCc5ccccc5)c4)cc3N)cc2)CC1. The van der Waals surface area contributed by atoms with Gasteiger partial charge >= 0.3 is 0 Å². The van der Waals surface area contributed by atoms with Crippen LogP contribution >= 0.6 is 0 Å². The number of amidine groups is 1. The van der Waals surface area contributed by atoms with Crippen LogP contribution in [-0.2, 0) is 6.61 Å². The number of nitrogen functional groups attached to an aromatic ring is 1. The third-order valence-corrected chi connectivity index (χ3v) is 6.79. The summed E-state index contributed by atoms with van der Waals surface area (Å²) in [6.45, 7) is 4.41. The zero-order valence-corrected chi connectivity index (χ0v) is 22.5. The van der Waals surface area contributed by atoms with Crippen LogP contribution in [0.25, 0.3) is 0 Å². The zero-order valence-electron chi connectivity index (χ0n) is 22.5. The van der Waals surface area contributed by atoms with Crippen LogP contribution in [0.15, 0.2) is 102 Å². The van der Waals surface area contributed by atoms with Crippen LogP contribution in [0.5, 0.6) is 17.2 Å². The Morgan fingerprint density at radius 3 is 2.25 bits per heavy atom. The molecule has 1 aliphatic heterocycles. The fourth-order valence-corrected chi connectivity index (χ4v) is 4.46. The van der Waals surface area contributed by atoms with E-state index in [1.54, 1.807) is 30.3 Å². The van der Waals surface area contributed by atoms with Crippen LogP contribution in [-0.4, -0.2) is 49.9 Å². The van der Waals surface area contributed by atoms with Crippen molar-refractivity contribution in [3.05, 3.63) is 114 Å². The van der Waals surface area contributed by atoms with Crippen molar-refractivity contribution in [1.29, 1.82) is 0 Å². The van der Waals surface area contributed by atoms with Crippen molar-refractivity contribution in [1.82, 2.24) is 4.90 Å². The number of anilines is 2. The smallest absolute Gasteiger partial charge is 0.278 e. The number of amides is 1. The maximum Gasteiger partial charge on any atom is 0.278 e. The lowest BCUT2D eigenvalue weighted by molar-refractivity contribution is 0.100. The Bertz CT molecular complexity index is 1480. The Morgan fingerprint density at radius 1 is 0.825 bits per heavy atom. The summed E-state index contributed by atoms with van der Waals surface area (Å²) in [5.74, 6) is 1.45. The minimum atomic E-state index is -0.422. The second-order valence-electron chi connectivity index (χ2n) is 9.74. The van der Waals surface area contributed by atoms with Crippen molar-refractivity contribution in [3.8, 4) is 17.2 Å². The van der Waals surface area contributed by atoms with E-state index in [-0.39, 0.29) is 5.84 Å². The Hall–Kier alpha value is -4.82. The summed E-state index contributed by atoms with van der Waals surface area (Å²) in [5, 5.41) is 0. The van der Waals surface area contributed by atoms with Crippen LogP contribution < -0.4 is 25.8 Å². The van der Waals surface area contributed by atoms with Crippen LogP contribution in [0.1, 0.15) is 21.5 Å². The van der Waals surface area contributed by atoms with Gasteiger partial charge in [-0.15, -0.1) is 0 Å². The Labute approximate surface area is 234 Å². The predicted molar refractivity (Wildman–Crippen MR) is 159 cm³/mol. The summed E-state index contributed by atoms with van der Waals surface area (Å²) in [7, 11) is 2.12. The number of likely N-dealkylation sites (N-methyl/N-ethyl adjacent to an activating group) is 1. The molecule has 4 N–H and O–H groups in total. The first kappa shape index (κ1) is 26.8. The van der Waals surface area contributed by atoms with Gasteiger partial charge in [0.2, 0.25) is 0 Å². The number of aliphatic imine (C=N–C) groups is 1. The molecule has 1 saturated heterocycles. The first-order valence-electron chi connectivity index (χ1n) is 13.2. The molecule has 5 rings (SSSR count). The molecule has 1 aliphatic rings. The largest absolute Gasteiger partial charge is 0.489 e. The summed E-state index contributed by atoms with van der Waals surface area (Å²) < 4.78 is 11.9. The molecule has 0 unspecified atom stereocenters. The second kappa shape index (κ2) is 12.4. The molecule has 4 aromatic rings. The first-order valence-corrected chi connectivity index (χ1v) is 13.2. The van der Waals surface area contributed by atoms with Crippen molar-refractivity contribution in [2.24, 2.45) is 10.7 Å². The summed E-state index contributed by atoms with van der Waals surface area (Å²) in [5.41, 5.74) is 15.9. The number of hydrogen-bond acceptors (Lipinski definition) is 6. The Balaban J connectivity index is 1.21. The summed E-state index contributed by atoms with van der Waals surface area (Å²) in [6, 6.07) is 29.9. The molecular weight excluding hydrogens is 502 g/mol. The molecule has 40 heavy (non-hydrogen) atoms. The van der Waals surface area contributed by atoms with Gasteiger partial charge in [0.15, 0.2) is 0 Å². The third-order valence-electron chi connectivity index (χ3n) is 6.79. The molecule has 0 spiro atoms. The summed E-state index contributed by atoms with van der Waals surface area (Å²) >= 11 is 0. The van der Waals surface area contributed by atoms with Crippen molar-refractivity contribution < 1.29 is 14.3 Å². The van der Waals surface area contributed by atoms with Crippen LogP contribution in [0.3, 0.4) is 0 Å². The molecule has 204 valence electrons. The fourth-order valence-electron chi connectivity index (χ4n) is 4.46. The number of nitrogens with zero attached hydrogens (tertiary/aromatic N) is 3. The van der Waals surface area contributed by atoms with Crippen LogP contribution in [0, 0.1) is 0 Å². The van der Waals surface area contributed by atoms with E-state index in [1.807, 2.05) is 66.7 Å². The van der Waals surface area contributed by atoms with Crippen molar-refractivity contribution in [3.63, 3.8) is 0 Å². The van der Waals surface area contributed by atoms with Gasteiger partial charge in [0.25, 0.3) is 5.91 Å². The first-order chi connectivity index (χ1) is 19.4. The molecule has 8 nitrogen and oxygen atoms in total. The number of nitrogens with two attached hydrogens (primary N) is 2. The van der Waals surface area contributed by atoms with E-state index in [2.05, 4.69) is 21.8 Å². The normalized spacial score (nSPS) is 14.1. The van der Waals surface area contributed by atoms with E-state index in [0.29, 0.717) is 40.7 Å². The lowest BCUT2D eigenvalue weighted by atomic mass is 10.1. The number of carbonyl (C=O) groups is 1. The quantitative estimate of drug-likeness (QED) is 0.187. The van der Waals surface area contributed by atoms with Gasteiger partial charge in [-0.3, -0.25) is 4.79 Å². The molecule has 0 bridgehead atoms. The lowest BCUT2D eigenvalue weighted by Crippen LogP contribution is -2.44. The minimum Gasteiger partial charge on any atom is -0.489 e. The topological polar surface area (TPSA) is 106 Å². The summed E-state index contributed by atoms with van der Waals surface area (Å²) in [6.07, 6.45) is 0. The Morgan fingerprint density at radius 2 is 1.52 bits per heavy atom. The molecule has 0 atom stereocenters. The van der Waals surface area contributed by atoms with Gasteiger partial charge in [0.1, 0.15) is 29.7 Å². The molecule has 1 heterocycles. The minimum absolute atomic E-state index is 0.0495. The molecular formula is C32H33N5O3. The maximum atomic E-state index is 12.8. The molecule has 1 amide bonds. The highest BCUT2D eigenvalue weighted by molar-refractivity contribution is 6.11. The number of ether oxygens (including phenoxy) is 2. The number of benzene rings is 4. The average molecular weight is 536 g/mol. The molecule has 8 heteroatoms. The van der Waals surface area contributed by atoms with Gasteiger partial charge in [0.05, 0.1) is 0 Å². The maximum absolute atomic E-state index is 12.8. The zero-order chi connectivity index (χ0) is 27.9. The van der Waals surface area contributed by atoms with Crippen molar-refractivity contribution >= 4 is 23.1 Å². The monoisotopic (exact) mass is 535 g/mol. The lowest BCUT2D eigenvalue weighted by Gasteiger charge is -2.34. The Kier molecular flexibility index (Phi) is 8.27. The standard InChI is InChI=1S/C32H33N5O3/c1-36-16-18-37(19-17-36)25-12-10-24(11-13-25)32(38)35-31(34)29-15-14-28(21-30(29)33)40-27-9-5-8-26(20-27)39-22-23-6-3-2-4-7-23/h2-15,20-21H,16-19,22,33H2,1H3,(H2,34,35,38). The van der Waals surface area contributed by atoms with E-state index in [1.165, 1.54) is 0 Å². The third kappa shape index (κ3) is 6.78. The van der Waals surface area contributed by atoms with E-state index in [4.69, 9.17) is 20.9 Å². The predicted octanol–water partition coefficient (Wildman–Crippen LogP) is 4.94. The molecule has 1 fully saturated rings. The molecule has 0 aliphatic carbocycles. The van der Waals surface area contributed by atoms with Gasteiger partial charge in [-0.25, -0.2) is 0 Å². The van der Waals surface area contributed by atoms with E-state index in [0.717, 1.165) is 37.4 Å². The van der Waals surface area contributed by atoms with Crippen LogP contribution in [0.2, 0.25) is 0 Å². The highest BCUT2D eigenvalue weighted by Gasteiger charge is 2.15. The van der Waals surface area contributed by atoms with E-state index in [9.17, 15) is 4.79 Å². The molecule has 4 aromatic carbocycles. The average Bonchev–Trinajstić information content (AvgIpc) is 2.97. The summed E-state index contributed by atoms with van der Waals surface area (Å²) in [4.78, 5) is 21.5. The van der Waals surface area contributed by atoms with Gasteiger partial charge in [0, 0.05) is 60.8 Å². The molecule has 0 radical (unpaired) electrons. The number of rotatable bonds is 8. The van der Waals surface area contributed by atoms with Gasteiger partial charge in [-0.2, -0.15) is 4.99 Å². The number of hydrogen-bond donors (Lipinski definition) is 2. The van der Waals surface area contributed by atoms with Crippen molar-refractivity contribution in [2.75, 3.05) is 43.9 Å². The highest BCUT2D eigenvalue weighted by Crippen LogP contribution is 2.28. The fraction of sp³-hybridized carbons (Fsp3) is 0.188.